The van der Waals surface area contributed by atoms with Crippen LogP contribution in [-0.4, -0.2) is 34.0 Å². The largest absolute Gasteiger partial charge is 0.297 e. The molecule has 1 aromatic heterocycles. The summed E-state index contributed by atoms with van der Waals surface area (Å²) >= 11 is 2.12. The van der Waals surface area contributed by atoms with Crippen molar-refractivity contribution in [1.29, 1.82) is 0 Å². The molecule has 1 fully saturated rings. The third-order valence-corrected chi connectivity index (χ3v) is 4.18. The summed E-state index contributed by atoms with van der Waals surface area (Å²) in [7, 11) is 0. The summed E-state index contributed by atoms with van der Waals surface area (Å²) in [5.74, 6) is 1.28. The molecule has 2 heterocycles. The van der Waals surface area contributed by atoms with E-state index in [0.717, 1.165) is 11.8 Å². The van der Waals surface area contributed by atoms with E-state index in [9.17, 15) is 0 Å². The second kappa shape index (κ2) is 5.52. The van der Waals surface area contributed by atoms with Crippen molar-refractivity contribution in [3.05, 3.63) is 30.1 Å². The average Bonchev–Trinajstić information content (AvgIpc) is 2.31. The summed E-state index contributed by atoms with van der Waals surface area (Å²) < 4.78 is 0. The minimum atomic E-state index is 0.829. The normalized spacial score (nSPS) is 22.9. The van der Waals surface area contributed by atoms with Crippen molar-refractivity contribution in [2.75, 3.05) is 18.8 Å². The number of pyridine rings is 1. The Morgan fingerprint density at radius 1 is 1.60 bits per heavy atom. The topological polar surface area (TPSA) is 16.1 Å². The molecule has 0 saturated carbocycles. The van der Waals surface area contributed by atoms with Crippen LogP contribution >= 0.6 is 11.8 Å². The number of hydrogen-bond acceptors (Lipinski definition) is 3. The van der Waals surface area contributed by atoms with Crippen LogP contribution in [0, 0.1) is 0 Å². The Hall–Kier alpha value is -0.540. The quantitative estimate of drug-likeness (QED) is 0.781. The molecule has 0 amide bonds. The van der Waals surface area contributed by atoms with Crippen LogP contribution in [0.5, 0.6) is 0 Å². The van der Waals surface area contributed by atoms with E-state index in [4.69, 9.17) is 0 Å². The van der Waals surface area contributed by atoms with Gasteiger partial charge in [0.1, 0.15) is 0 Å². The summed E-state index contributed by atoms with van der Waals surface area (Å²) in [4.78, 5) is 6.70. The van der Waals surface area contributed by atoms with Crippen LogP contribution in [0.2, 0.25) is 0 Å². The van der Waals surface area contributed by atoms with Crippen LogP contribution in [0.15, 0.2) is 24.5 Å². The molecule has 3 heteroatoms. The molecule has 0 aliphatic carbocycles. The standard InChI is InChI=1S/C12H18N2S/c1-2-12-10-14(6-7-15-12)9-11-4-3-5-13-8-11/h3-5,8,12H,2,6-7,9-10H2,1H3. The highest BCUT2D eigenvalue weighted by Gasteiger charge is 2.18. The van der Waals surface area contributed by atoms with E-state index in [1.807, 2.05) is 18.5 Å². The second-order valence-corrected chi connectivity index (χ2v) is 5.41. The van der Waals surface area contributed by atoms with Crippen molar-refractivity contribution in [3.63, 3.8) is 0 Å². The van der Waals surface area contributed by atoms with Crippen molar-refractivity contribution >= 4 is 11.8 Å². The Kier molecular flexibility index (Phi) is 4.03. The highest BCUT2D eigenvalue weighted by Crippen LogP contribution is 2.22. The molecule has 0 bridgehead atoms. The van der Waals surface area contributed by atoms with Crippen LogP contribution in [0.1, 0.15) is 18.9 Å². The molecule has 0 radical (unpaired) electrons. The fourth-order valence-corrected chi connectivity index (χ4v) is 3.17. The Bertz CT molecular complexity index is 289. The van der Waals surface area contributed by atoms with E-state index >= 15 is 0 Å². The van der Waals surface area contributed by atoms with Crippen molar-refractivity contribution in [1.82, 2.24) is 9.88 Å². The first kappa shape index (κ1) is 11.0. The maximum Gasteiger partial charge on any atom is 0.0312 e. The van der Waals surface area contributed by atoms with Gasteiger partial charge in [0.05, 0.1) is 0 Å². The number of aromatic nitrogens is 1. The van der Waals surface area contributed by atoms with Gasteiger partial charge in [0.15, 0.2) is 0 Å². The maximum atomic E-state index is 4.16. The smallest absolute Gasteiger partial charge is 0.0312 e. The van der Waals surface area contributed by atoms with E-state index in [1.54, 1.807) is 0 Å². The fourth-order valence-electron chi connectivity index (χ4n) is 1.92. The fraction of sp³-hybridized carbons (Fsp3) is 0.583. The zero-order chi connectivity index (χ0) is 10.5. The minimum absolute atomic E-state index is 0.829. The minimum Gasteiger partial charge on any atom is -0.297 e. The van der Waals surface area contributed by atoms with Gasteiger partial charge in [0.2, 0.25) is 0 Å². The van der Waals surface area contributed by atoms with Gasteiger partial charge in [-0.05, 0) is 18.1 Å². The summed E-state index contributed by atoms with van der Waals surface area (Å²) in [5, 5.41) is 0.829. The van der Waals surface area contributed by atoms with Crippen LogP contribution < -0.4 is 0 Å². The van der Waals surface area contributed by atoms with Gasteiger partial charge < -0.3 is 0 Å². The van der Waals surface area contributed by atoms with E-state index in [2.05, 4.69) is 34.6 Å². The van der Waals surface area contributed by atoms with Crippen molar-refractivity contribution in [2.45, 2.75) is 25.1 Å². The van der Waals surface area contributed by atoms with E-state index in [1.165, 1.54) is 30.8 Å². The van der Waals surface area contributed by atoms with Gasteiger partial charge in [-0.1, -0.05) is 13.0 Å². The molecule has 2 rings (SSSR count). The van der Waals surface area contributed by atoms with Crippen LogP contribution in [0.4, 0.5) is 0 Å². The molecule has 1 unspecified atom stereocenters. The lowest BCUT2D eigenvalue weighted by molar-refractivity contribution is 0.273. The lowest BCUT2D eigenvalue weighted by Crippen LogP contribution is -2.37. The van der Waals surface area contributed by atoms with Gasteiger partial charge in [-0.15, -0.1) is 0 Å². The molecular formula is C12H18N2S. The lowest BCUT2D eigenvalue weighted by atomic mass is 10.2. The molecule has 0 aromatic carbocycles. The summed E-state index contributed by atoms with van der Waals surface area (Å²) in [6.45, 7) is 5.79. The lowest BCUT2D eigenvalue weighted by Gasteiger charge is -2.31. The molecule has 0 N–H and O–H groups in total. The third kappa shape index (κ3) is 3.21. The number of thioether (sulfide) groups is 1. The van der Waals surface area contributed by atoms with Gasteiger partial charge in [-0.2, -0.15) is 11.8 Å². The summed E-state index contributed by atoms with van der Waals surface area (Å²) in [5.41, 5.74) is 1.33. The van der Waals surface area contributed by atoms with Crippen molar-refractivity contribution < 1.29 is 0 Å². The molecule has 2 nitrogen and oxygen atoms in total. The van der Waals surface area contributed by atoms with Gasteiger partial charge in [-0.25, -0.2) is 0 Å². The first-order valence-electron chi connectivity index (χ1n) is 5.61. The highest BCUT2D eigenvalue weighted by atomic mass is 32.2. The third-order valence-electron chi connectivity index (χ3n) is 2.81. The van der Waals surface area contributed by atoms with Gasteiger partial charge in [0.25, 0.3) is 0 Å². The van der Waals surface area contributed by atoms with Gasteiger partial charge >= 0.3 is 0 Å². The number of nitrogens with zero attached hydrogens (tertiary/aromatic N) is 2. The molecule has 0 spiro atoms. The maximum absolute atomic E-state index is 4.16. The summed E-state index contributed by atoms with van der Waals surface area (Å²) in [6.07, 6.45) is 5.10. The van der Waals surface area contributed by atoms with Crippen LogP contribution in [0.25, 0.3) is 0 Å². The van der Waals surface area contributed by atoms with Crippen molar-refractivity contribution in [2.24, 2.45) is 0 Å². The zero-order valence-corrected chi connectivity index (χ0v) is 10.0. The molecule has 1 aliphatic heterocycles. The number of hydrogen-bond donors (Lipinski definition) is 0. The molecular weight excluding hydrogens is 204 g/mol. The molecule has 1 atom stereocenters. The zero-order valence-electron chi connectivity index (χ0n) is 9.22. The first-order chi connectivity index (χ1) is 7.38. The number of rotatable bonds is 3. The van der Waals surface area contributed by atoms with E-state index in [0.29, 0.717) is 0 Å². The molecule has 82 valence electrons. The Morgan fingerprint density at radius 2 is 2.53 bits per heavy atom. The Labute approximate surface area is 96.1 Å². The highest BCUT2D eigenvalue weighted by molar-refractivity contribution is 8.00. The Balaban J connectivity index is 1.89. The molecule has 1 aromatic rings. The van der Waals surface area contributed by atoms with Gasteiger partial charge in [-0.3, -0.25) is 9.88 Å². The van der Waals surface area contributed by atoms with E-state index < -0.39 is 0 Å². The van der Waals surface area contributed by atoms with Crippen molar-refractivity contribution in [3.8, 4) is 0 Å². The predicted molar refractivity (Wildman–Crippen MR) is 66.1 cm³/mol. The van der Waals surface area contributed by atoms with Gasteiger partial charge in [0, 0.05) is 43.0 Å². The predicted octanol–water partition coefficient (Wildman–Crippen LogP) is 2.41. The Morgan fingerprint density at radius 3 is 3.27 bits per heavy atom. The molecule has 1 aliphatic rings. The van der Waals surface area contributed by atoms with Crippen LogP contribution in [-0.2, 0) is 6.54 Å². The summed E-state index contributed by atoms with van der Waals surface area (Å²) in [6, 6.07) is 4.18. The average molecular weight is 222 g/mol. The SMILES string of the molecule is CCC1CN(Cc2cccnc2)CCS1. The monoisotopic (exact) mass is 222 g/mol. The molecule has 15 heavy (non-hydrogen) atoms. The second-order valence-electron chi connectivity index (χ2n) is 4.00. The van der Waals surface area contributed by atoms with Crippen LogP contribution in [0.3, 0.4) is 0 Å². The van der Waals surface area contributed by atoms with E-state index in [-0.39, 0.29) is 0 Å². The first-order valence-corrected chi connectivity index (χ1v) is 6.66. The molecule has 1 saturated heterocycles.